The monoisotopic (exact) mass is 313 g/mol. The lowest BCUT2D eigenvalue weighted by Crippen LogP contribution is -2.31. The molecule has 1 unspecified atom stereocenters. The molecule has 0 radical (unpaired) electrons. The van der Waals surface area contributed by atoms with Crippen molar-refractivity contribution in [2.45, 2.75) is 18.9 Å². The summed E-state index contributed by atoms with van der Waals surface area (Å²) in [6.07, 6.45) is 1.96. The van der Waals surface area contributed by atoms with Crippen molar-refractivity contribution >= 4 is 0 Å². The zero-order valence-electron chi connectivity index (χ0n) is 13.9. The van der Waals surface area contributed by atoms with E-state index in [1.807, 2.05) is 12.1 Å². The quantitative estimate of drug-likeness (QED) is 0.920. The second-order valence-electron chi connectivity index (χ2n) is 5.71. The van der Waals surface area contributed by atoms with Crippen molar-refractivity contribution in [3.63, 3.8) is 0 Å². The van der Waals surface area contributed by atoms with Gasteiger partial charge in [-0.05, 0) is 60.3 Å². The van der Waals surface area contributed by atoms with Gasteiger partial charge in [-0.15, -0.1) is 0 Å². The summed E-state index contributed by atoms with van der Waals surface area (Å²) in [7, 11) is 5.03. The van der Waals surface area contributed by atoms with Crippen molar-refractivity contribution in [2.24, 2.45) is 0 Å². The molecule has 0 saturated heterocycles. The van der Waals surface area contributed by atoms with E-state index in [0.29, 0.717) is 0 Å². The summed E-state index contributed by atoms with van der Waals surface area (Å²) in [4.78, 5) is 0. The second-order valence-corrected chi connectivity index (χ2v) is 5.71. The maximum absolute atomic E-state index is 5.41. The van der Waals surface area contributed by atoms with Gasteiger partial charge in [0.2, 0.25) is 0 Å². The first-order valence-corrected chi connectivity index (χ1v) is 7.86. The fraction of sp³-hybridized carbons (Fsp3) is 0.368. The average Bonchev–Trinajstić information content (AvgIpc) is 2.61. The lowest BCUT2D eigenvalue weighted by Gasteiger charge is -2.27. The van der Waals surface area contributed by atoms with Crippen LogP contribution < -0.4 is 19.5 Å². The molecule has 0 fully saturated rings. The first kappa shape index (κ1) is 15.7. The van der Waals surface area contributed by atoms with Gasteiger partial charge in [-0.3, -0.25) is 0 Å². The smallest absolute Gasteiger partial charge is 0.160 e. The molecule has 1 aliphatic heterocycles. The molecule has 0 spiro atoms. The molecule has 0 saturated carbocycles. The molecule has 1 N–H and O–H groups in total. The number of hydrogen-bond donors (Lipinski definition) is 1. The van der Waals surface area contributed by atoms with Crippen LogP contribution in [0.15, 0.2) is 36.4 Å². The first-order valence-electron chi connectivity index (χ1n) is 7.86. The van der Waals surface area contributed by atoms with Crippen LogP contribution in [0, 0.1) is 0 Å². The number of hydrogen-bond acceptors (Lipinski definition) is 4. The fourth-order valence-electron chi connectivity index (χ4n) is 3.17. The highest BCUT2D eigenvalue weighted by Gasteiger charge is 2.21. The molecule has 1 heterocycles. The third kappa shape index (κ3) is 3.27. The van der Waals surface area contributed by atoms with Gasteiger partial charge in [0.1, 0.15) is 5.75 Å². The van der Waals surface area contributed by atoms with Crippen molar-refractivity contribution in [1.82, 2.24) is 5.32 Å². The van der Waals surface area contributed by atoms with Gasteiger partial charge >= 0.3 is 0 Å². The summed E-state index contributed by atoms with van der Waals surface area (Å²) in [6.45, 7) is 0.997. The second kappa shape index (κ2) is 6.92. The highest BCUT2D eigenvalue weighted by atomic mass is 16.5. The Kier molecular flexibility index (Phi) is 4.72. The minimum atomic E-state index is 0.284. The molecule has 23 heavy (non-hydrogen) atoms. The van der Waals surface area contributed by atoms with E-state index in [4.69, 9.17) is 14.2 Å². The van der Waals surface area contributed by atoms with Crippen LogP contribution in [0.2, 0.25) is 0 Å². The predicted octanol–water partition coefficient (Wildman–Crippen LogP) is 3.14. The number of methoxy groups -OCH3 is 3. The van der Waals surface area contributed by atoms with Gasteiger partial charge in [0, 0.05) is 6.04 Å². The van der Waals surface area contributed by atoms with Crippen LogP contribution in [-0.4, -0.2) is 27.9 Å². The predicted molar refractivity (Wildman–Crippen MR) is 90.7 cm³/mol. The average molecular weight is 313 g/mol. The zero-order valence-corrected chi connectivity index (χ0v) is 13.9. The van der Waals surface area contributed by atoms with Crippen LogP contribution in [-0.2, 0) is 12.8 Å². The molecule has 1 atom stereocenters. The summed E-state index contributed by atoms with van der Waals surface area (Å²) in [5.41, 5.74) is 3.94. The van der Waals surface area contributed by atoms with E-state index < -0.39 is 0 Å². The largest absolute Gasteiger partial charge is 0.497 e. The van der Waals surface area contributed by atoms with Gasteiger partial charge in [0.15, 0.2) is 11.5 Å². The van der Waals surface area contributed by atoms with E-state index in [1.54, 1.807) is 21.3 Å². The standard InChI is InChI=1S/C19H23NO3/c1-21-15-6-5-14-8-9-20-17(16(14)12-15)10-13-4-7-18(22-2)19(11-13)23-3/h4-7,11-12,17,20H,8-10H2,1-3H3. The van der Waals surface area contributed by atoms with Gasteiger partial charge in [0.05, 0.1) is 21.3 Å². The fourth-order valence-corrected chi connectivity index (χ4v) is 3.17. The number of benzene rings is 2. The van der Waals surface area contributed by atoms with Crippen molar-refractivity contribution in [3.05, 3.63) is 53.1 Å². The molecular weight excluding hydrogens is 290 g/mol. The zero-order chi connectivity index (χ0) is 16.2. The van der Waals surface area contributed by atoms with Gasteiger partial charge in [0.25, 0.3) is 0 Å². The van der Waals surface area contributed by atoms with E-state index in [2.05, 4.69) is 29.6 Å². The van der Waals surface area contributed by atoms with Crippen LogP contribution in [0.4, 0.5) is 0 Å². The van der Waals surface area contributed by atoms with Crippen molar-refractivity contribution in [2.75, 3.05) is 27.9 Å². The van der Waals surface area contributed by atoms with E-state index in [-0.39, 0.29) is 6.04 Å². The van der Waals surface area contributed by atoms with Crippen molar-refractivity contribution in [3.8, 4) is 17.2 Å². The minimum absolute atomic E-state index is 0.284. The maximum Gasteiger partial charge on any atom is 0.160 e. The van der Waals surface area contributed by atoms with Gasteiger partial charge in [-0.2, -0.15) is 0 Å². The number of rotatable bonds is 5. The summed E-state index contributed by atoms with van der Waals surface area (Å²) < 4.78 is 16.1. The molecule has 4 heteroatoms. The van der Waals surface area contributed by atoms with E-state index in [0.717, 1.165) is 36.6 Å². The Balaban J connectivity index is 1.87. The SMILES string of the molecule is COc1ccc2c(c1)C(Cc1ccc(OC)c(OC)c1)NCC2. The van der Waals surface area contributed by atoms with Gasteiger partial charge in [-0.1, -0.05) is 12.1 Å². The Morgan fingerprint density at radius 3 is 2.52 bits per heavy atom. The van der Waals surface area contributed by atoms with Gasteiger partial charge in [-0.25, -0.2) is 0 Å². The van der Waals surface area contributed by atoms with Crippen LogP contribution in [0.5, 0.6) is 17.2 Å². The lowest BCUT2D eigenvalue weighted by atomic mass is 9.90. The van der Waals surface area contributed by atoms with E-state index in [1.165, 1.54) is 16.7 Å². The minimum Gasteiger partial charge on any atom is -0.497 e. The van der Waals surface area contributed by atoms with Gasteiger partial charge < -0.3 is 19.5 Å². The molecule has 0 bridgehead atoms. The summed E-state index contributed by atoms with van der Waals surface area (Å²) in [5, 5.41) is 3.61. The van der Waals surface area contributed by atoms with Crippen LogP contribution in [0.25, 0.3) is 0 Å². The summed E-state index contributed by atoms with van der Waals surface area (Å²) in [5.74, 6) is 2.44. The number of nitrogens with one attached hydrogen (secondary N) is 1. The number of fused-ring (bicyclic) bond motifs is 1. The lowest BCUT2D eigenvalue weighted by molar-refractivity contribution is 0.354. The van der Waals surface area contributed by atoms with Crippen LogP contribution in [0.3, 0.4) is 0 Å². The highest BCUT2D eigenvalue weighted by Crippen LogP contribution is 2.32. The van der Waals surface area contributed by atoms with Crippen LogP contribution >= 0.6 is 0 Å². The number of ether oxygens (including phenoxy) is 3. The molecule has 122 valence electrons. The van der Waals surface area contributed by atoms with Crippen LogP contribution in [0.1, 0.15) is 22.7 Å². The maximum atomic E-state index is 5.41. The molecule has 4 nitrogen and oxygen atoms in total. The molecule has 1 aliphatic rings. The Morgan fingerprint density at radius 2 is 1.78 bits per heavy atom. The van der Waals surface area contributed by atoms with Crippen molar-refractivity contribution in [1.29, 1.82) is 0 Å². The Labute approximate surface area is 137 Å². The highest BCUT2D eigenvalue weighted by molar-refractivity contribution is 5.44. The molecule has 2 aromatic rings. The topological polar surface area (TPSA) is 39.7 Å². The Hall–Kier alpha value is -2.20. The summed E-state index contributed by atoms with van der Waals surface area (Å²) in [6, 6.07) is 12.8. The van der Waals surface area contributed by atoms with E-state index in [9.17, 15) is 0 Å². The molecule has 0 amide bonds. The third-order valence-corrected chi connectivity index (χ3v) is 4.40. The van der Waals surface area contributed by atoms with E-state index >= 15 is 0 Å². The first-order chi connectivity index (χ1) is 11.2. The molecular formula is C19H23NO3. The molecule has 0 aliphatic carbocycles. The van der Waals surface area contributed by atoms with Crippen molar-refractivity contribution < 1.29 is 14.2 Å². The molecule has 0 aromatic heterocycles. The summed E-state index contributed by atoms with van der Waals surface area (Å²) >= 11 is 0. The third-order valence-electron chi connectivity index (χ3n) is 4.40. The Bertz CT molecular complexity index is 684. The molecule has 3 rings (SSSR count). The Morgan fingerprint density at radius 1 is 0.957 bits per heavy atom. The molecule has 2 aromatic carbocycles. The normalized spacial score (nSPS) is 16.6.